The smallest absolute Gasteiger partial charge is 0.0818 e. The molecule has 15 heavy (non-hydrogen) atoms. The van der Waals surface area contributed by atoms with E-state index >= 15 is 0 Å². The minimum absolute atomic E-state index is 0.351. The number of thioether (sulfide) groups is 1. The van der Waals surface area contributed by atoms with Crippen LogP contribution in [0.2, 0.25) is 0 Å². The van der Waals surface area contributed by atoms with Gasteiger partial charge in [0, 0.05) is 24.0 Å². The van der Waals surface area contributed by atoms with E-state index in [0.29, 0.717) is 12.1 Å². The van der Waals surface area contributed by atoms with Crippen LogP contribution in [0.5, 0.6) is 0 Å². The average molecular weight is 227 g/mol. The molecular weight excluding hydrogens is 206 g/mol. The summed E-state index contributed by atoms with van der Waals surface area (Å²) < 4.78 is 5.78. The van der Waals surface area contributed by atoms with E-state index in [-0.39, 0.29) is 0 Å². The summed E-state index contributed by atoms with van der Waals surface area (Å²) in [6, 6.07) is 0.439. The SMILES string of the molecule is C#CCCC(NCCC)C1CSCCO1. The van der Waals surface area contributed by atoms with E-state index in [9.17, 15) is 0 Å². The highest BCUT2D eigenvalue weighted by Gasteiger charge is 2.23. The van der Waals surface area contributed by atoms with Gasteiger partial charge in [0.05, 0.1) is 12.7 Å². The third-order valence-corrected chi connectivity index (χ3v) is 3.57. The molecule has 0 aromatic rings. The van der Waals surface area contributed by atoms with Gasteiger partial charge in [0.1, 0.15) is 0 Å². The Labute approximate surface area is 97.5 Å². The van der Waals surface area contributed by atoms with Gasteiger partial charge in [-0.3, -0.25) is 0 Å². The molecule has 2 nitrogen and oxygen atoms in total. The molecule has 1 fully saturated rings. The van der Waals surface area contributed by atoms with Crippen LogP contribution in [0.3, 0.4) is 0 Å². The van der Waals surface area contributed by atoms with Crippen molar-refractivity contribution in [2.75, 3.05) is 24.7 Å². The van der Waals surface area contributed by atoms with E-state index < -0.39 is 0 Å². The predicted molar refractivity (Wildman–Crippen MR) is 67.2 cm³/mol. The Bertz CT molecular complexity index is 196. The second-order valence-corrected chi connectivity index (χ2v) is 4.94. The minimum atomic E-state index is 0.351. The van der Waals surface area contributed by atoms with E-state index in [1.54, 1.807) is 0 Å². The first kappa shape index (κ1) is 12.9. The third-order valence-electron chi connectivity index (χ3n) is 2.55. The summed E-state index contributed by atoms with van der Waals surface area (Å²) in [5, 5.41) is 3.54. The van der Waals surface area contributed by atoms with E-state index in [1.807, 2.05) is 11.8 Å². The Morgan fingerprint density at radius 3 is 3.13 bits per heavy atom. The van der Waals surface area contributed by atoms with Crippen LogP contribution in [0.4, 0.5) is 0 Å². The lowest BCUT2D eigenvalue weighted by Gasteiger charge is -2.30. The number of hydrogen-bond acceptors (Lipinski definition) is 3. The van der Waals surface area contributed by atoms with E-state index in [0.717, 1.165) is 43.9 Å². The monoisotopic (exact) mass is 227 g/mol. The molecule has 3 heteroatoms. The van der Waals surface area contributed by atoms with Gasteiger partial charge in [-0.25, -0.2) is 0 Å². The zero-order valence-electron chi connectivity index (χ0n) is 9.50. The second kappa shape index (κ2) is 8.04. The van der Waals surface area contributed by atoms with Crippen molar-refractivity contribution in [2.45, 2.75) is 38.3 Å². The lowest BCUT2D eigenvalue weighted by atomic mass is 10.1. The number of hydrogen-bond donors (Lipinski definition) is 1. The Hall–Kier alpha value is -0.170. The molecule has 1 saturated heterocycles. The van der Waals surface area contributed by atoms with Crippen molar-refractivity contribution in [3.63, 3.8) is 0 Å². The summed E-state index contributed by atoms with van der Waals surface area (Å²) in [5.74, 6) is 4.95. The highest BCUT2D eigenvalue weighted by molar-refractivity contribution is 7.99. The zero-order valence-corrected chi connectivity index (χ0v) is 10.3. The highest BCUT2D eigenvalue weighted by Crippen LogP contribution is 2.17. The first-order valence-electron chi connectivity index (χ1n) is 5.74. The molecule has 0 aromatic heterocycles. The van der Waals surface area contributed by atoms with Crippen molar-refractivity contribution in [1.29, 1.82) is 0 Å². The van der Waals surface area contributed by atoms with Crippen LogP contribution >= 0.6 is 11.8 Å². The maximum atomic E-state index is 5.78. The van der Waals surface area contributed by atoms with Crippen LogP contribution < -0.4 is 5.32 Å². The van der Waals surface area contributed by atoms with Crippen molar-refractivity contribution in [3.05, 3.63) is 0 Å². The fourth-order valence-corrected chi connectivity index (χ4v) is 2.67. The van der Waals surface area contributed by atoms with E-state index in [2.05, 4.69) is 18.2 Å². The normalized spacial score (nSPS) is 23.3. The Morgan fingerprint density at radius 1 is 1.67 bits per heavy atom. The largest absolute Gasteiger partial charge is 0.375 e. The molecular formula is C12H21NOS. The molecule has 0 aliphatic carbocycles. The summed E-state index contributed by atoms with van der Waals surface area (Å²) in [6.45, 7) is 4.12. The van der Waals surface area contributed by atoms with Gasteiger partial charge in [-0.2, -0.15) is 11.8 Å². The van der Waals surface area contributed by atoms with Crippen LogP contribution in [-0.2, 0) is 4.74 Å². The molecule has 0 spiro atoms. The molecule has 2 atom stereocenters. The van der Waals surface area contributed by atoms with Gasteiger partial charge in [0.2, 0.25) is 0 Å². The maximum absolute atomic E-state index is 5.78. The second-order valence-electron chi connectivity index (χ2n) is 3.79. The fourth-order valence-electron chi connectivity index (χ4n) is 1.73. The summed E-state index contributed by atoms with van der Waals surface area (Å²) in [7, 11) is 0. The predicted octanol–water partition coefficient (Wildman–Crippen LogP) is 1.90. The highest BCUT2D eigenvalue weighted by atomic mass is 32.2. The molecule has 1 heterocycles. The van der Waals surface area contributed by atoms with Crippen molar-refractivity contribution in [3.8, 4) is 12.3 Å². The Kier molecular flexibility index (Phi) is 6.91. The van der Waals surface area contributed by atoms with E-state index in [4.69, 9.17) is 11.2 Å². The molecule has 0 radical (unpaired) electrons. The van der Waals surface area contributed by atoms with Gasteiger partial charge in [-0.15, -0.1) is 12.3 Å². The topological polar surface area (TPSA) is 21.3 Å². The average Bonchev–Trinajstić information content (AvgIpc) is 2.30. The number of terminal acetylenes is 1. The molecule has 1 aliphatic heterocycles. The van der Waals surface area contributed by atoms with Gasteiger partial charge in [0.15, 0.2) is 0 Å². The summed E-state index contributed by atoms with van der Waals surface area (Å²) >= 11 is 1.98. The zero-order chi connectivity index (χ0) is 10.9. The molecule has 1 N–H and O–H groups in total. The lowest BCUT2D eigenvalue weighted by Crippen LogP contribution is -2.45. The molecule has 0 saturated carbocycles. The molecule has 0 aromatic carbocycles. The van der Waals surface area contributed by atoms with Crippen molar-refractivity contribution in [1.82, 2.24) is 5.32 Å². The van der Waals surface area contributed by atoms with Crippen molar-refractivity contribution < 1.29 is 4.74 Å². The maximum Gasteiger partial charge on any atom is 0.0818 e. The van der Waals surface area contributed by atoms with Crippen LogP contribution in [-0.4, -0.2) is 36.8 Å². The van der Waals surface area contributed by atoms with Crippen LogP contribution in [0.25, 0.3) is 0 Å². The Balaban J connectivity index is 2.34. The lowest BCUT2D eigenvalue weighted by molar-refractivity contribution is 0.0452. The van der Waals surface area contributed by atoms with Gasteiger partial charge in [-0.05, 0) is 19.4 Å². The fraction of sp³-hybridized carbons (Fsp3) is 0.833. The number of rotatable bonds is 6. The van der Waals surface area contributed by atoms with Crippen molar-refractivity contribution in [2.24, 2.45) is 0 Å². The van der Waals surface area contributed by atoms with Gasteiger partial charge in [-0.1, -0.05) is 6.92 Å². The quantitative estimate of drug-likeness (QED) is 0.700. The van der Waals surface area contributed by atoms with Gasteiger partial charge >= 0.3 is 0 Å². The Morgan fingerprint density at radius 2 is 2.53 bits per heavy atom. The first-order chi connectivity index (χ1) is 7.38. The number of nitrogens with one attached hydrogen (secondary N) is 1. The summed E-state index contributed by atoms with van der Waals surface area (Å²) in [6.07, 6.45) is 8.69. The van der Waals surface area contributed by atoms with Crippen LogP contribution in [0.1, 0.15) is 26.2 Å². The summed E-state index contributed by atoms with van der Waals surface area (Å²) in [5.41, 5.74) is 0. The minimum Gasteiger partial charge on any atom is -0.375 e. The van der Waals surface area contributed by atoms with E-state index in [1.165, 1.54) is 0 Å². The molecule has 0 bridgehead atoms. The first-order valence-corrected chi connectivity index (χ1v) is 6.90. The molecule has 86 valence electrons. The standard InChI is InChI=1S/C12H21NOS/c1-3-5-6-11(13-7-4-2)12-10-15-9-8-14-12/h1,11-13H,4-10H2,2H3. The summed E-state index contributed by atoms with van der Waals surface area (Å²) in [4.78, 5) is 0. The number of ether oxygens (including phenoxy) is 1. The third kappa shape index (κ3) is 4.92. The van der Waals surface area contributed by atoms with Gasteiger partial charge < -0.3 is 10.1 Å². The van der Waals surface area contributed by atoms with Gasteiger partial charge in [0.25, 0.3) is 0 Å². The molecule has 1 aliphatic rings. The van der Waals surface area contributed by atoms with Crippen LogP contribution in [0, 0.1) is 12.3 Å². The molecule has 2 unspecified atom stereocenters. The van der Waals surface area contributed by atoms with Crippen LogP contribution in [0.15, 0.2) is 0 Å². The van der Waals surface area contributed by atoms with Crippen molar-refractivity contribution >= 4 is 11.8 Å². The molecule has 0 amide bonds. The molecule has 1 rings (SSSR count).